The molecule has 4 heterocycles. The molecule has 13 aromatic rings. The van der Waals surface area contributed by atoms with E-state index in [2.05, 4.69) is 162 Å². The third-order valence-corrected chi connectivity index (χ3v) is 12.3. The van der Waals surface area contributed by atoms with Crippen LogP contribution in [0.2, 0.25) is 0 Å². The van der Waals surface area contributed by atoms with Crippen molar-refractivity contribution in [2.24, 2.45) is 0 Å². The van der Waals surface area contributed by atoms with E-state index >= 15 is 0 Å². The first kappa shape index (κ1) is 35.2. The molecule has 9 aromatic carbocycles. The van der Waals surface area contributed by atoms with Gasteiger partial charge in [0, 0.05) is 43.4 Å². The maximum atomic E-state index is 6.87. The first-order chi connectivity index (χ1) is 31.2. The van der Waals surface area contributed by atoms with Crippen LogP contribution in [0.3, 0.4) is 0 Å². The number of furan rings is 2. The summed E-state index contributed by atoms with van der Waals surface area (Å²) < 4.78 is 15.5. The van der Waals surface area contributed by atoms with E-state index < -0.39 is 0 Å². The molecule has 6 nitrogen and oxygen atoms in total. The second-order valence-electron chi connectivity index (χ2n) is 15.9. The summed E-state index contributed by atoms with van der Waals surface area (Å²) in [6.45, 7) is 0. The van der Waals surface area contributed by atoms with Gasteiger partial charge in [-0.05, 0) is 70.8 Å². The first-order valence-corrected chi connectivity index (χ1v) is 21.1. The molecule has 0 spiro atoms. The van der Waals surface area contributed by atoms with E-state index in [1.807, 2.05) is 48.5 Å². The maximum Gasteiger partial charge on any atom is 0.166 e. The monoisotopic (exact) mass is 806 g/mol. The van der Waals surface area contributed by atoms with Crippen molar-refractivity contribution in [1.29, 1.82) is 0 Å². The largest absolute Gasteiger partial charge is 0.456 e. The van der Waals surface area contributed by atoms with Gasteiger partial charge in [-0.1, -0.05) is 158 Å². The summed E-state index contributed by atoms with van der Waals surface area (Å²) in [6.07, 6.45) is 0. The van der Waals surface area contributed by atoms with Crippen molar-refractivity contribution in [3.05, 3.63) is 206 Å². The number of aromatic nitrogens is 4. The van der Waals surface area contributed by atoms with E-state index in [-0.39, 0.29) is 0 Å². The molecule has 0 saturated heterocycles. The SMILES string of the molecule is c1ccc(-c2ccc3c4ccccc4n(-c4ccc5oc6cccc(-c7ccc8oc9ccccc9c8c7)c6c5c4-c4nc(-c5ccccc5)nc(-c5ccccc5)n4)c3c2)cc1. The van der Waals surface area contributed by atoms with E-state index in [0.29, 0.717) is 17.5 Å². The minimum atomic E-state index is 0.544. The quantitative estimate of drug-likeness (QED) is 0.167. The zero-order chi connectivity index (χ0) is 41.4. The van der Waals surface area contributed by atoms with Crippen LogP contribution >= 0.6 is 0 Å². The Labute approximate surface area is 361 Å². The summed E-state index contributed by atoms with van der Waals surface area (Å²) in [5.41, 5.74) is 13.3. The molecule has 0 aliphatic heterocycles. The normalized spacial score (nSPS) is 11.8. The second-order valence-corrected chi connectivity index (χ2v) is 15.9. The molecule has 0 atom stereocenters. The van der Waals surface area contributed by atoms with Crippen LogP contribution in [0.1, 0.15) is 0 Å². The Balaban J connectivity index is 1.18. The van der Waals surface area contributed by atoms with Gasteiger partial charge in [0.25, 0.3) is 0 Å². The van der Waals surface area contributed by atoms with E-state index in [4.69, 9.17) is 23.8 Å². The highest BCUT2D eigenvalue weighted by molar-refractivity contribution is 6.20. The van der Waals surface area contributed by atoms with Gasteiger partial charge in [-0.15, -0.1) is 0 Å². The van der Waals surface area contributed by atoms with Gasteiger partial charge in [-0.25, -0.2) is 15.0 Å². The highest BCUT2D eigenvalue weighted by Crippen LogP contribution is 2.46. The Kier molecular flexibility index (Phi) is 7.80. The Morgan fingerprint density at radius 1 is 0.317 bits per heavy atom. The molecule has 6 heteroatoms. The Morgan fingerprint density at radius 3 is 1.63 bits per heavy atom. The van der Waals surface area contributed by atoms with Crippen LogP contribution in [0.4, 0.5) is 0 Å². The summed E-state index contributed by atoms with van der Waals surface area (Å²) in [7, 11) is 0. The lowest BCUT2D eigenvalue weighted by atomic mass is 9.95. The van der Waals surface area contributed by atoms with Gasteiger partial charge < -0.3 is 13.4 Å². The fourth-order valence-corrected chi connectivity index (χ4v) is 9.41. The van der Waals surface area contributed by atoms with E-state index in [1.54, 1.807) is 0 Å². The van der Waals surface area contributed by atoms with Crippen molar-refractivity contribution in [3.8, 4) is 62.1 Å². The molecule has 13 rings (SSSR count). The molecular weight excluding hydrogens is 773 g/mol. The zero-order valence-corrected chi connectivity index (χ0v) is 33.7. The van der Waals surface area contributed by atoms with Crippen LogP contribution in [-0.2, 0) is 0 Å². The van der Waals surface area contributed by atoms with Crippen LogP contribution in [0, 0.1) is 0 Å². The molecule has 0 fully saturated rings. The topological polar surface area (TPSA) is 69.9 Å². The standard InChI is InChI=1S/C57H34N4O2/c1-4-15-35(16-5-1)38-27-29-42-41-21-10-12-24-45(41)61(47(42)34-38)46-30-32-51-54(53(46)57-59-55(36-17-6-2-7-18-36)58-56(60-57)37-19-8-3-9-20-37)52-40(23-14-26-50(52)63-51)39-28-31-49-44(33-39)43-22-11-13-25-48(43)62-49/h1-34H. The summed E-state index contributed by atoms with van der Waals surface area (Å²) >= 11 is 0. The molecule has 0 bridgehead atoms. The first-order valence-electron chi connectivity index (χ1n) is 21.1. The number of fused-ring (bicyclic) bond motifs is 9. The Hall–Kier alpha value is -8.61. The Bertz CT molecular complexity index is 3850. The van der Waals surface area contributed by atoms with Gasteiger partial charge in [0.1, 0.15) is 22.3 Å². The van der Waals surface area contributed by atoms with Crippen molar-refractivity contribution in [3.63, 3.8) is 0 Å². The van der Waals surface area contributed by atoms with Crippen LogP contribution in [0.5, 0.6) is 0 Å². The highest BCUT2D eigenvalue weighted by Gasteiger charge is 2.26. The van der Waals surface area contributed by atoms with Gasteiger partial charge in [0.05, 0.1) is 22.3 Å². The molecule has 0 aliphatic carbocycles. The van der Waals surface area contributed by atoms with Crippen LogP contribution in [0.15, 0.2) is 215 Å². The van der Waals surface area contributed by atoms with E-state index in [1.165, 1.54) is 0 Å². The van der Waals surface area contributed by atoms with Crippen molar-refractivity contribution < 1.29 is 8.83 Å². The number of hydrogen-bond donors (Lipinski definition) is 0. The number of hydrogen-bond acceptors (Lipinski definition) is 5. The maximum absolute atomic E-state index is 6.87. The smallest absolute Gasteiger partial charge is 0.166 e. The molecule has 0 radical (unpaired) electrons. The lowest BCUT2D eigenvalue weighted by molar-refractivity contribution is 0.669. The number of rotatable bonds is 6. The zero-order valence-electron chi connectivity index (χ0n) is 33.7. The summed E-state index contributed by atoms with van der Waals surface area (Å²) in [5.74, 6) is 1.71. The average Bonchev–Trinajstić information content (AvgIpc) is 4.03. The Morgan fingerprint density at radius 2 is 0.873 bits per heavy atom. The number of nitrogens with zero attached hydrogens (tertiary/aromatic N) is 4. The van der Waals surface area contributed by atoms with Gasteiger partial charge in [0.2, 0.25) is 0 Å². The average molecular weight is 807 g/mol. The second kappa shape index (κ2) is 14.0. The van der Waals surface area contributed by atoms with Gasteiger partial charge in [-0.2, -0.15) is 0 Å². The third-order valence-electron chi connectivity index (χ3n) is 12.3. The minimum Gasteiger partial charge on any atom is -0.456 e. The molecule has 294 valence electrons. The van der Waals surface area contributed by atoms with Crippen molar-refractivity contribution in [2.45, 2.75) is 0 Å². The number of benzene rings is 9. The van der Waals surface area contributed by atoms with Crippen LogP contribution in [-0.4, -0.2) is 19.5 Å². The molecule has 0 unspecified atom stereocenters. The fraction of sp³-hybridized carbons (Fsp3) is 0. The van der Waals surface area contributed by atoms with Gasteiger partial charge in [0.15, 0.2) is 17.5 Å². The molecule has 0 saturated carbocycles. The van der Waals surface area contributed by atoms with Gasteiger partial charge in [-0.3, -0.25) is 0 Å². The molecule has 4 aromatic heterocycles. The van der Waals surface area contributed by atoms with Crippen LogP contribution in [0.25, 0.3) is 128 Å². The summed E-state index contributed by atoms with van der Waals surface area (Å²) in [4.78, 5) is 15.9. The molecule has 0 N–H and O–H groups in total. The molecule has 0 aliphatic rings. The van der Waals surface area contributed by atoms with E-state index in [0.717, 1.165) is 110 Å². The minimum absolute atomic E-state index is 0.544. The van der Waals surface area contributed by atoms with E-state index in [9.17, 15) is 0 Å². The van der Waals surface area contributed by atoms with Crippen molar-refractivity contribution in [2.75, 3.05) is 0 Å². The summed E-state index contributed by atoms with van der Waals surface area (Å²) in [5, 5.41) is 6.35. The van der Waals surface area contributed by atoms with Gasteiger partial charge >= 0.3 is 0 Å². The molecule has 0 amide bonds. The molecule has 63 heavy (non-hydrogen) atoms. The predicted octanol–water partition coefficient (Wildman–Crippen LogP) is 15.1. The lowest BCUT2D eigenvalue weighted by Gasteiger charge is -2.16. The van der Waals surface area contributed by atoms with Crippen molar-refractivity contribution in [1.82, 2.24) is 19.5 Å². The predicted molar refractivity (Wildman–Crippen MR) is 256 cm³/mol. The number of para-hydroxylation sites is 2. The molecular formula is C57H34N4O2. The van der Waals surface area contributed by atoms with Crippen molar-refractivity contribution >= 4 is 65.7 Å². The summed E-state index contributed by atoms with van der Waals surface area (Å²) in [6, 6.07) is 71.5. The lowest BCUT2D eigenvalue weighted by Crippen LogP contribution is -2.04. The highest BCUT2D eigenvalue weighted by atomic mass is 16.3. The fourth-order valence-electron chi connectivity index (χ4n) is 9.41. The van der Waals surface area contributed by atoms with Crippen LogP contribution < -0.4 is 0 Å². The third kappa shape index (κ3) is 5.62.